The van der Waals surface area contributed by atoms with Crippen LogP contribution >= 0.6 is 0 Å². The van der Waals surface area contributed by atoms with Crippen LogP contribution < -0.4 is 5.32 Å². The fourth-order valence-corrected chi connectivity index (χ4v) is 2.05. The molecule has 7 nitrogen and oxygen atoms in total. The number of nitrogens with zero attached hydrogens (tertiary/aromatic N) is 5. The summed E-state index contributed by atoms with van der Waals surface area (Å²) in [6, 6.07) is 4.95. The molecule has 3 aromatic heterocycles. The Kier molecular flexibility index (Phi) is 4.57. The zero-order valence-corrected chi connectivity index (χ0v) is 13.5. The lowest BCUT2D eigenvalue weighted by atomic mass is 10.3. The van der Waals surface area contributed by atoms with Crippen molar-refractivity contribution in [3.8, 4) is 0 Å². The third kappa shape index (κ3) is 3.97. The number of imidazole rings is 1. The number of aryl methyl sites for hydroxylation is 1. The lowest BCUT2D eigenvalue weighted by Crippen LogP contribution is -2.18. The van der Waals surface area contributed by atoms with Crippen molar-refractivity contribution in [2.75, 3.05) is 5.32 Å². The lowest BCUT2D eigenvalue weighted by molar-refractivity contribution is -0.141. The molecule has 0 fully saturated rings. The maximum Gasteiger partial charge on any atom is 0.434 e. The minimum absolute atomic E-state index is 0.112. The predicted octanol–water partition coefficient (Wildman–Crippen LogP) is 2.90. The quantitative estimate of drug-likeness (QED) is 0.724. The molecule has 0 saturated heterocycles. The third-order valence-electron chi connectivity index (χ3n) is 3.32. The number of carbonyl (C=O) groups excluding carboxylic acids is 1. The number of hydrogen-bond donors (Lipinski definition) is 1. The average molecular weight is 362 g/mol. The first-order chi connectivity index (χ1) is 12.3. The summed E-state index contributed by atoms with van der Waals surface area (Å²) in [4.78, 5) is 20.0. The second-order valence-electron chi connectivity index (χ2n) is 5.34. The van der Waals surface area contributed by atoms with Gasteiger partial charge < -0.3 is 5.32 Å². The number of halogens is 3. The fraction of sp³-hybridized carbons (Fsp3) is 0.125. The zero-order chi connectivity index (χ0) is 18.7. The fourth-order valence-electron chi connectivity index (χ4n) is 2.05. The largest absolute Gasteiger partial charge is 0.434 e. The van der Waals surface area contributed by atoms with Gasteiger partial charge in [-0.1, -0.05) is 6.07 Å². The molecule has 0 atom stereocenters. The van der Waals surface area contributed by atoms with Gasteiger partial charge in [0.05, 0.1) is 6.20 Å². The molecule has 134 valence electrons. The van der Waals surface area contributed by atoms with Gasteiger partial charge in [-0.25, -0.2) is 14.6 Å². The van der Waals surface area contributed by atoms with Gasteiger partial charge in [0.25, 0.3) is 5.91 Å². The van der Waals surface area contributed by atoms with Crippen LogP contribution in [0.4, 0.5) is 19.0 Å². The molecule has 0 unspecified atom stereocenters. The van der Waals surface area contributed by atoms with Crippen LogP contribution in [-0.2, 0) is 11.0 Å². The minimum Gasteiger partial charge on any atom is -0.305 e. The van der Waals surface area contributed by atoms with E-state index >= 15 is 0 Å². The van der Waals surface area contributed by atoms with E-state index in [4.69, 9.17) is 0 Å². The number of carbonyl (C=O) groups is 1. The molecular formula is C16H13F3N6O. The maximum absolute atomic E-state index is 12.8. The Morgan fingerprint density at radius 3 is 2.65 bits per heavy atom. The second-order valence-corrected chi connectivity index (χ2v) is 5.34. The summed E-state index contributed by atoms with van der Waals surface area (Å²) in [5, 5.41) is 6.47. The van der Waals surface area contributed by atoms with Crippen molar-refractivity contribution in [3.63, 3.8) is 0 Å². The normalized spacial score (nSPS) is 12.2. The Labute approximate surface area is 145 Å². The number of amides is 1. The summed E-state index contributed by atoms with van der Waals surface area (Å²) >= 11 is 0. The highest BCUT2D eigenvalue weighted by Gasteiger charge is 2.34. The SMILES string of the molecule is Cc1ccc(NC(=O)/C(=C/n2cccn2)n2cnc(C(F)(F)F)c2)nc1. The van der Waals surface area contributed by atoms with E-state index in [1.165, 1.54) is 17.1 Å². The van der Waals surface area contributed by atoms with E-state index in [2.05, 4.69) is 20.4 Å². The van der Waals surface area contributed by atoms with E-state index < -0.39 is 17.8 Å². The van der Waals surface area contributed by atoms with Crippen LogP contribution in [0.1, 0.15) is 11.3 Å². The molecule has 0 spiro atoms. The van der Waals surface area contributed by atoms with Gasteiger partial charge in [-0.2, -0.15) is 18.3 Å². The van der Waals surface area contributed by atoms with Crippen LogP contribution in [0.2, 0.25) is 0 Å². The highest BCUT2D eigenvalue weighted by molar-refractivity contribution is 6.22. The van der Waals surface area contributed by atoms with Gasteiger partial charge in [-0.3, -0.25) is 9.36 Å². The summed E-state index contributed by atoms with van der Waals surface area (Å²) in [6.07, 6.45) is 2.90. The summed E-state index contributed by atoms with van der Waals surface area (Å²) in [7, 11) is 0. The van der Waals surface area contributed by atoms with Gasteiger partial charge in [-0.05, 0) is 24.6 Å². The summed E-state index contributed by atoms with van der Waals surface area (Å²) in [5.74, 6) is -0.397. The first kappa shape index (κ1) is 17.4. The van der Waals surface area contributed by atoms with Gasteiger partial charge in [0.2, 0.25) is 0 Å². The van der Waals surface area contributed by atoms with Crippen LogP contribution in [0.25, 0.3) is 11.9 Å². The van der Waals surface area contributed by atoms with Gasteiger partial charge >= 0.3 is 6.18 Å². The zero-order valence-electron chi connectivity index (χ0n) is 13.5. The summed E-state index contributed by atoms with van der Waals surface area (Å²) in [6.45, 7) is 1.84. The number of pyridine rings is 1. The molecule has 0 aliphatic rings. The second kappa shape index (κ2) is 6.82. The molecule has 3 heterocycles. The van der Waals surface area contributed by atoms with Crippen molar-refractivity contribution in [2.45, 2.75) is 13.1 Å². The molecule has 3 aromatic rings. The van der Waals surface area contributed by atoms with Crippen molar-refractivity contribution < 1.29 is 18.0 Å². The van der Waals surface area contributed by atoms with Gasteiger partial charge in [0, 0.05) is 24.8 Å². The van der Waals surface area contributed by atoms with Crippen molar-refractivity contribution in [2.24, 2.45) is 0 Å². The molecule has 0 aliphatic heterocycles. The standard InChI is InChI=1S/C16H13F3N6O/c1-11-3-4-14(20-7-11)23-15(26)12(8-25-6-2-5-22-25)24-9-13(21-10-24)16(17,18)19/h2-10H,1H3,(H,20,23,26)/b12-8-. The van der Waals surface area contributed by atoms with Gasteiger partial charge in [-0.15, -0.1) is 0 Å². The molecule has 1 amide bonds. The van der Waals surface area contributed by atoms with Crippen LogP contribution in [0.5, 0.6) is 0 Å². The molecular weight excluding hydrogens is 349 g/mol. The van der Waals surface area contributed by atoms with E-state index in [-0.39, 0.29) is 11.5 Å². The maximum atomic E-state index is 12.8. The van der Waals surface area contributed by atoms with E-state index in [1.807, 2.05) is 6.92 Å². The smallest absolute Gasteiger partial charge is 0.305 e. The highest BCUT2D eigenvalue weighted by atomic mass is 19.4. The summed E-state index contributed by atoms with van der Waals surface area (Å²) in [5.41, 5.74) is -0.316. The van der Waals surface area contributed by atoms with Crippen LogP contribution in [0, 0.1) is 6.92 Å². The molecule has 0 aromatic carbocycles. The van der Waals surface area contributed by atoms with Gasteiger partial charge in [0.1, 0.15) is 17.8 Å². The average Bonchev–Trinajstić information content (AvgIpc) is 3.25. The molecule has 3 rings (SSSR count). The van der Waals surface area contributed by atoms with Crippen molar-refractivity contribution in [1.29, 1.82) is 0 Å². The predicted molar refractivity (Wildman–Crippen MR) is 87.5 cm³/mol. The Balaban J connectivity index is 1.94. The van der Waals surface area contributed by atoms with Crippen LogP contribution in [-0.4, -0.2) is 30.2 Å². The Bertz CT molecular complexity index is 926. The number of hydrogen-bond acceptors (Lipinski definition) is 4. The molecule has 1 N–H and O–H groups in total. The van der Waals surface area contributed by atoms with Crippen LogP contribution in [0.3, 0.4) is 0 Å². The number of rotatable bonds is 4. The number of nitrogens with one attached hydrogen (secondary N) is 1. The first-order valence-corrected chi connectivity index (χ1v) is 7.39. The third-order valence-corrected chi connectivity index (χ3v) is 3.32. The Morgan fingerprint density at radius 1 is 1.27 bits per heavy atom. The Morgan fingerprint density at radius 2 is 2.08 bits per heavy atom. The van der Waals surface area contributed by atoms with Crippen molar-refractivity contribution in [3.05, 3.63) is 60.6 Å². The number of anilines is 1. The van der Waals surface area contributed by atoms with Gasteiger partial charge in [0.15, 0.2) is 5.69 Å². The lowest BCUT2D eigenvalue weighted by Gasteiger charge is -2.10. The monoisotopic (exact) mass is 362 g/mol. The van der Waals surface area contributed by atoms with E-state index in [1.54, 1.807) is 30.6 Å². The highest BCUT2D eigenvalue weighted by Crippen LogP contribution is 2.28. The topological polar surface area (TPSA) is 77.6 Å². The number of alkyl halides is 3. The van der Waals surface area contributed by atoms with E-state index in [9.17, 15) is 18.0 Å². The Hall–Kier alpha value is -3.43. The van der Waals surface area contributed by atoms with Crippen molar-refractivity contribution >= 4 is 23.6 Å². The molecule has 26 heavy (non-hydrogen) atoms. The summed E-state index contributed by atoms with van der Waals surface area (Å²) < 4.78 is 40.7. The first-order valence-electron chi connectivity index (χ1n) is 7.39. The molecule has 0 saturated carbocycles. The number of aromatic nitrogens is 5. The van der Waals surface area contributed by atoms with Crippen LogP contribution in [0.15, 0.2) is 49.3 Å². The minimum atomic E-state index is -4.61. The van der Waals surface area contributed by atoms with E-state index in [0.717, 1.165) is 22.7 Å². The molecule has 0 aliphatic carbocycles. The molecule has 0 radical (unpaired) electrons. The molecule has 10 heteroatoms. The van der Waals surface area contributed by atoms with E-state index in [0.29, 0.717) is 0 Å². The van der Waals surface area contributed by atoms with Crippen molar-refractivity contribution in [1.82, 2.24) is 24.3 Å². The molecule has 0 bridgehead atoms.